The highest BCUT2D eigenvalue weighted by Crippen LogP contribution is 2.32. The number of carbonyl (C=O) groups is 5. The van der Waals surface area contributed by atoms with Crippen LogP contribution in [0, 0.1) is 0 Å². The van der Waals surface area contributed by atoms with E-state index in [0.29, 0.717) is 12.8 Å². The van der Waals surface area contributed by atoms with Crippen molar-refractivity contribution in [3.05, 3.63) is 101 Å². The van der Waals surface area contributed by atoms with Crippen molar-refractivity contribution in [1.82, 2.24) is 9.80 Å². The second-order valence-corrected chi connectivity index (χ2v) is 12.0. The number of esters is 3. The predicted molar refractivity (Wildman–Crippen MR) is 203 cm³/mol. The van der Waals surface area contributed by atoms with Gasteiger partial charge in [0.05, 0.1) is 42.2 Å². The van der Waals surface area contributed by atoms with Crippen molar-refractivity contribution in [2.75, 3.05) is 44.4 Å². The Morgan fingerprint density at radius 1 is 0.660 bits per heavy atom. The van der Waals surface area contributed by atoms with Gasteiger partial charge in [-0.3, -0.25) is 19.4 Å². The molecule has 0 saturated carbocycles. The molecule has 4 rings (SSSR count). The number of guanidine groups is 1. The van der Waals surface area contributed by atoms with E-state index in [0.717, 1.165) is 24.2 Å². The number of para-hydroxylation sites is 2. The molecule has 0 aliphatic carbocycles. The summed E-state index contributed by atoms with van der Waals surface area (Å²) in [5, 5.41) is 0. The number of ether oxygens (including phenoxy) is 3. The fourth-order valence-corrected chi connectivity index (χ4v) is 5.71. The maximum atomic E-state index is 14.5. The largest absolute Gasteiger partial charge is 0.462 e. The lowest BCUT2D eigenvalue weighted by Gasteiger charge is -2.38. The van der Waals surface area contributed by atoms with Crippen LogP contribution >= 0.6 is 0 Å². The van der Waals surface area contributed by atoms with Crippen LogP contribution in [0.5, 0.6) is 0 Å². The molecule has 1 aliphatic rings. The van der Waals surface area contributed by atoms with Crippen molar-refractivity contribution in [3.63, 3.8) is 0 Å². The number of hydrogen-bond donors (Lipinski definition) is 0. The number of nitrogens with zero attached hydrogens (tertiary/aromatic N) is 4. The number of anilines is 2. The topological polar surface area (TPSA) is 135 Å². The van der Waals surface area contributed by atoms with Gasteiger partial charge in [-0.2, -0.15) is 0 Å². The first-order valence-electron chi connectivity index (χ1n) is 18.2. The van der Waals surface area contributed by atoms with Gasteiger partial charge < -0.3 is 19.1 Å². The molecule has 0 spiro atoms. The first-order chi connectivity index (χ1) is 25.7. The molecule has 0 atom stereocenters. The third-order valence-electron chi connectivity index (χ3n) is 8.34. The summed E-state index contributed by atoms with van der Waals surface area (Å²) < 4.78 is 15.8. The molecule has 1 fully saturated rings. The Bertz CT molecular complexity index is 1710. The lowest BCUT2D eigenvalue weighted by atomic mass is 10.0. The molecule has 280 valence electrons. The molecule has 3 aromatic carbocycles. The smallest absolute Gasteiger partial charge is 0.340 e. The number of amides is 2. The van der Waals surface area contributed by atoms with Crippen molar-refractivity contribution in [1.29, 1.82) is 0 Å². The van der Waals surface area contributed by atoms with Gasteiger partial charge in [0.1, 0.15) is 5.57 Å². The molecule has 12 nitrogen and oxygen atoms in total. The van der Waals surface area contributed by atoms with E-state index in [9.17, 15) is 24.0 Å². The van der Waals surface area contributed by atoms with E-state index in [1.165, 1.54) is 21.9 Å². The number of rotatable bonds is 17. The number of aliphatic imine (C=N–C) groups is 1. The molecule has 1 aliphatic heterocycles. The van der Waals surface area contributed by atoms with Crippen molar-refractivity contribution >= 4 is 52.7 Å². The maximum Gasteiger partial charge on any atom is 0.340 e. The third kappa shape index (κ3) is 9.76. The molecular formula is C41H48N4O8. The maximum absolute atomic E-state index is 14.5. The molecule has 0 N–H and O–H groups in total. The molecule has 3 aromatic rings. The molecule has 2 amide bonds. The minimum Gasteiger partial charge on any atom is -0.462 e. The van der Waals surface area contributed by atoms with E-state index in [4.69, 9.17) is 19.2 Å². The highest BCUT2D eigenvalue weighted by Gasteiger charge is 2.41. The van der Waals surface area contributed by atoms with Gasteiger partial charge in [-0.15, -0.1) is 0 Å². The summed E-state index contributed by atoms with van der Waals surface area (Å²) in [5.74, 6) is -3.65. The van der Waals surface area contributed by atoms with Gasteiger partial charge in [0.15, 0.2) is 0 Å². The SMILES string of the molecule is CCCCN1C(=O)C(=CCN(c2ccccc2)c2ccccc2)C(=O)N(CCCC)C1=Nc1c(C(=O)OCC)cc(C(=O)OCC)cc1C(=O)OCC. The van der Waals surface area contributed by atoms with Crippen LogP contribution in [0.1, 0.15) is 91.4 Å². The van der Waals surface area contributed by atoms with Crippen molar-refractivity contribution < 1.29 is 38.2 Å². The fourth-order valence-electron chi connectivity index (χ4n) is 5.71. The lowest BCUT2D eigenvalue weighted by Crippen LogP contribution is -2.57. The average Bonchev–Trinajstić information content (AvgIpc) is 3.16. The van der Waals surface area contributed by atoms with Crippen LogP contribution in [0.15, 0.2) is 89.4 Å². The van der Waals surface area contributed by atoms with E-state index >= 15 is 0 Å². The Morgan fingerprint density at radius 3 is 1.51 bits per heavy atom. The van der Waals surface area contributed by atoms with Gasteiger partial charge in [0.25, 0.3) is 11.8 Å². The Labute approximate surface area is 311 Å². The summed E-state index contributed by atoms with van der Waals surface area (Å²) in [5.41, 5.74) is 1.01. The standard InChI is InChI=1S/C41H48N4O8/c1-6-11-24-44-36(46)32(23-26-43(30-19-15-13-16-20-30)31-21-17-14-18-22-31)37(47)45(25-12-7-2)41(44)42-35-33(39(49)52-9-4)27-29(38(48)51-8-3)28-34(35)40(50)53-10-5/h13-23,27-28H,6-12,24-26H2,1-5H3. The molecule has 12 heteroatoms. The molecule has 0 radical (unpaired) electrons. The molecule has 53 heavy (non-hydrogen) atoms. The van der Waals surface area contributed by atoms with Crippen LogP contribution < -0.4 is 4.90 Å². The molecular weight excluding hydrogens is 676 g/mol. The van der Waals surface area contributed by atoms with Gasteiger partial charge in [0, 0.05) is 31.0 Å². The third-order valence-corrected chi connectivity index (χ3v) is 8.34. The minimum absolute atomic E-state index is 0.00737. The van der Waals surface area contributed by atoms with Crippen LogP contribution in [-0.4, -0.2) is 84.9 Å². The zero-order chi connectivity index (χ0) is 38.3. The normalized spacial score (nSPS) is 12.8. The highest BCUT2D eigenvalue weighted by atomic mass is 16.5. The van der Waals surface area contributed by atoms with Gasteiger partial charge in [-0.25, -0.2) is 19.4 Å². The lowest BCUT2D eigenvalue weighted by molar-refractivity contribution is -0.134. The zero-order valence-corrected chi connectivity index (χ0v) is 31.1. The van der Waals surface area contributed by atoms with Crippen molar-refractivity contribution in [2.45, 2.75) is 60.3 Å². The van der Waals surface area contributed by atoms with Crippen LogP contribution in [0.4, 0.5) is 17.1 Å². The predicted octanol–water partition coefficient (Wildman–Crippen LogP) is 7.24. The molecule has 0 aromatic heterocycles. The van der Waals surface area contributed by atoms with Crippen LogP contribution in [-0.2, 0) is 23.8 Å². The molecule has 0 bridgehead atoms. The van der Waals surface area contributed by atoms with Gasteiger partial charge in [0.2, 0.25) is 5.96 Å². The van der Waals surface area contributed by atoms with E-state index in [1.54, 1.807) is 26.8 Å². The number of carbonyl (C=O) groups excluding carboxylic acids is 5. The molecule has 0 unspecified atom stereocenters. The average molecular weight is 725 g/mol. The summed E-state index contributed by atoms with van der Waals surface area (Å²) in [7, 11) is 0. The van der Waals surface area contributed by atoms with Gasteiger partial charge in [-0.1, -0.05) is 63.1 Å². The first kappa shape index (κ1) is 40.0. The monoisotopic (exact) mass is 724 g/mol. The van der Waals surface area contributed by atoms with Crippen LogP contribution in [0.25, 0.3) is 0 Å². The second-order valence-electron chi connectivity index (χ2n) is 12.0. The minimum atomic E-state index is -0.861. The zero-order valence-electron chi connectivity index (χ0n) is 31.1. The van der Waals surface area contributed by atoms with Crippen molar-refractivity contribution in [2.24, 2.45) is 4.99 Å². The van der Waals surface area contributed by atoms with Crippen molar-refractivity contribution in [3.8, 4) is 0 Å². The fraction of sp³-hybridized carbons (Fsp3) is 0.366. The Balaban J connectivity index is 1.94. The van der Waals surface area contributed by atoms with E-state index in [1.807, 2.05) is 79.4 Å². The summed E-state index contributed by atoms with van der Waals surface area (Å²) in [4.78, 5) is 78.4. The number of unbranched alkanes of at least 4 members (excludes halogenated alkanes) is 2. The summed E-state index contributed by atoms with van der Waals surface area (Å²) in [6.45, 7) is 9.48. The summed E-state index contributed by atoms with van der Waals surface area (Å²) >= 11 is 0. The van der Waals surface area contributed by atoms with Crippen LogP contribution in [0.2, 0.25) is 0 Å². The molecule has 1 saturated heterocycles. The van der Waals surface area contributed by atoms with E-state index < -0.39 is 29.7 Å². The number of benzene rings is 3. The summed E-state index contributed by atoms with van der Waals surface area (Å²) in [6.07, 6.45) is 4.24. The van der Waals surface area contributed by atoms with E-state index in [-0.39, 0.29) is 73.4 Å². The van der Waals surface area contributed by atoms with Gasteiger partial charge in [-0.05, 0) is 76.1 Å². The van der Waals surface area contributed by atoms with Crippen LogP contribution in [0.3, 0.4) is 0 Å². The number of hydrogen-bond acceptors (Lipinski definition) is 10. The highest BCUT2D eigenvalue weighted by molar-refractivity contribution is 6.30. The molecule has 1 heterocycles. The summed E-state index contributed by atoms with van der Waals surface area (Å²) in [6, 6.07) is 21.8. The first-order valence-corrected chi connectivity index (χ1v) is 18.2. The Kier molecular flexibility index (Phi) is 14.9. The Hall–Kier alpha value is -5.78. The van der Waals surface area contributed by atoms with E-state index in [2.05, 4.69) is 0 Å². The van der Waals surface area contributed by atoms with Gasteiger partial charge >= 0.3 is 17.9 Å². The second kappa shape index (κ2) is 19.7. The Morgan fingerprint density at radius 2 is 1.09 bits per heavy atom. The quantitative estimate of drug-likeness (QED) is 0.0611.